The van der Waals surface area contributed by atoms with E-state index in [1.165, 1.54) is 11.3 Å². The number of esters is 1. The molecule has 0 atom stereocenters. The number of hydrogen-bond donors (Lipinski definition) is 2. The number of fused-ring (bicyclic) bond motifs is 1. The van der Waals surface area contributed by atoms with E-state index in [9.17, 15) is 14.9 Å². The first-order valence-electron chi connectivity index (χ1n) is 8.04. The number of ether oxygens (including phenoxy) is 1. The van der Waals surface area contributed by atoms with Crippen molar-refractivity contribution >= 4 is 55.5 Å². The Bertz CT molecular complexity index is 1110. The van der Waals surface area contributed by atoms with E-state index in [0.29, 0.717) is 36.2 Å². The topological polar surface area (TPSA) is 118 Å². The summed E-state index contributed by atoms with van der Waals surface area (Å²) in [6.45, 7) is 5.44. The number of pyridine rings is 1. The first kappa shape index (κ1) is 18.8. The minimum absolute atomic E-state index is 0.227. The van der Waals surface area contributed by atoms with Crippen LogP contribution in [0.25, 0.3) is 10.2 Å². The lowest BCUT2D eigenvalue weighted by Crippen LogP contribution is -2.11. The monoisotopic (exact) mass is 400 g/mol. The van der Waals surface area contributed by atoms with E-state index in [4.69, 9.17) is 10.5 Å². The third-order valence-corrected chi connectivity index (χ3v) is 6.19. The Labute approximate surface area is 163 Å². The maximum absolute atomic E-state index is 12.7. The molecular weight excluding hydrogens is 384 g/mol. The molecule has 0 aliphatic carbocycles. The summed E-state index contributed by atoms with van der Waals surface area (Å²) < 4.78 is 5.00. The van der Waals surface area contributed by atoms with Crippen molar-refractivity contribution in [2.45, 2.75) is 20.8 Å². The average Bonchev–Trinajstić information content (AvgIpc) is 3.11. The molecule has 7 nitrogen and oxygen atoms in total. The maximum Gasteiger partial charge on any atom is 0.348 e. The van der Waals surface area contributed by atoms with Gasteiger partial charge in [-0.15, -0.1) is 22.7 Å². The molecule has 3 rings (SSSR count). The summed E-state index contributed by atoms with van der Waals surface area (Å²) in [5, 5.41) is 13.1. The summed E-state index contributed by atoms with van der Waals surface area (Å²) in [5.74, 6) is -0.959. The Morgan fingerprint density at radius 3 is 2.70 bits per heavy atom. The molecule has 0 fully saturated rings. The van der Waals surface area contributed by atoms with Crippen molar-refractivity contribution in [1.82, 2.24) is 4.98 Å². The number of nitrogen functional groups attached to an aromatic ring is 1. The SMILES string of the molecule is CCOC(=O)c1sc(NC(=O)c2sc3nc(C)ccc3c2N)c(C#N)c1C. The molecule has 138 valence electrons. The zero-order chi connectivity index (χ0) is 19.7. The molecule has 0 aliphatic rings. The zero-order valence-electron chi connectivity index (χ0n) is 14.9. The Morgan fingerprint density at radius 2 is 2.04 bits per heavy atom. The lowest BCUT2D eigenvalue weighted by atomic mass is 10.1. The third kappa shape index (κ3) is 3.37. The molecule has 0 spiro atoms. The van der Waals surface area contributed by atoms with Crippen LogP contribution in [0.2, 0.25) is 0 Å². The molecule has 9 heteroatoms. The van der Waals surface area contributed by atoms with Gasteiger partial charge in [-0.1, -0.05) is 0 Å². The van der Waals surface area contributed by atoms with Gasteiger partial charge in [0.1, 0.15) is 25.7 Å². The number of carbonyl (C=O) groups is 2. The lowest BCUT2D eigenvalue weighted by Gasteiger charge is -2.02. The van der Waals surface area contributed by atoms with Crippen LogP contribution < -0.4 is 11.1 Å². The molecular formula is C18H16N4O3S2. The van der Waals surface area contributed by atoms with Gasteiger partial charge < -0.3 is 15.8 Å². The largest absolute Gasteiger partial charge is 0.462 e. The van der Waals surface area contributed by atoms with E-state index >= 15 is 0 Å². The predicted octanol–water partition coefficient (Wildman–Crippen LogP) is 3.86. The van der Waals surface area contributed by atoms with Crippen molar-refractivity contribution in [3.63, 3.8) is 0 Å². The van der Waals surface area contributed by atoms with Gasteiger partial charge in [-0.25, -0.2) is 9.78 Å². The fourth-order valence-electron chi connectivity index (χ4n) is 2.55. The number of aryl methyl sites for hydroxylation is 1. The van der Waals surface area contributed by atoms with E-state index < -0.39 is 11.9 Å². The van der Waals surface area contributed by atoms with Gasteiger partial charge in [-0.05, 0) is 38.5 Å². The second-order valence-corrected chi connectivity index (χ2v) is 7.72. The number of carbonyl (C=O) groups excluding carboxylic acids is 2. The minimum Gasteiger partial charge on any atom is -0.462 e. The first-order valence-corrected chi connectivity index (χ1v) is 9.68. The van der Waals surface area contributed by atoms with E-state index in [2.05, 4.69) is 10.3 Å². The third-order valence-electron chi connectivity index (χ3n) is 3.89. The molecule has 27 heavy (non-hydrogen) atoms. The van der Waals surface area contributed by atoms with Crippen LogP contribution in [-0.4, -0.2) is 23.5 Å². The number of nitrogens with two attached hydrogens (primary N) is 1. The van der Waals surface area contributed by atoms with Gasteiger partial charge in [0, 0.05) is 11.1 Å². The highest BCUT2D eigenvalue weighted by molar-refractivity contribution is 7.21. The van der Waals surface area contributed by atoms with Crippen LogP contribution in [0.15, 0.2) is 12.1 Å². The summed E-state index contributed by atoms with van der Waals surface area (Å²) in [5.41, 5.74) is 8.01. The summed E-state index contributed by atoms with van der Waals surface area (Å²) >= 11 is 2.20. The Morgan fingerprint density at radius 1 is 1.30 bits per heavy atom. The van der Waals surface area contributed by atoms with Gasteiger partial charge in [-0.2, -0.15) is 5.26 Å². The van der Waals surface area contributed by atoms with Gasteiger partial charge in [-0.3, -0.25) is 4.79 Å². The number of aromatic nitrogens is 1. The number of anilines is 2. The van der Waals surface area contributed by atoms with Crippen LogP contribution in [0.1, 0.15) is 43.1 Å². The molecule has 3 N–H and O–H groups in total. The van der Waals surface area contributed by atoms with Crippen molar-refractivity contribution in [3.8, 4) is 6.07 Å². The quantitative estimate of drug-likeness (QED) is 0.642. The molecule has 0 aromatic carbocycles. The van der Waals surface area contributed by atoms with Crippen molar-refractivity contribution < 1.29 is 14.3 Å². The van der Waals surface area contributed by atoms with Crippen molar-refractivity contribution in [1.29, 1.82) is 5.26 Å². The molecule has 3 heterocycles. The number of amides is 1. The normalized spacial score (nSPS) is 10.6. The summed E-state index contributed by atoms with van der Waals surface area (Å²) in [4.78, 5) is 30.5. The van der Waals surface area contributed by atoms with Crippen LogP contribution in [0, 0.1) is 25.2 Å². The highest BCUT2D eigenvalue weighted by Crippen LogP contribution is 2.36. The molecule has 0 bridgehead atoms. The van der Waals surface area contributed by atoms with Gasteiger partial charge in [0.25, 0.3) is 5.91 Å². The maximum atomic E-state index is 12.7. The Kier molecular flexibility index (Phi) is 5.12. The highest BCUT2D eigenvalue weighted by atomic mass is 32.1. The second kappa shape index (κ2) is 7.34. The average molecular weight is 400 g/mol. The zero-order valence-corrected chi connectivity index (χ0v) is 16.5. The van der Waals surface area contributed by atoms with Crippen molar-refractivity contribution in [3.05, 3.63) is 38.7 Å². The Balaban J connectivity index is 1.97. The second-order valence-electron chi connectivity index (χ2n) is 5.70. The summed E-state index contributed by atoms with van der Waals surface area (Å²) in [6, 6.07) is 5.69. The standard InChI is InChI=1S/C18H16N4O3S2/c1-4-25-18(24)13-9(3)11(7-19)17(26-13)22-15(23)14-12(20)10-6-5-8(2)21-16(10)27-14/h5-6H,4,20H2,1-3H3,(H,22,23). The lowest BCUT2D eigenvalue weighted by molar-refractivity contribution is 0.0531. The first-order chi connectivity index (χ1) is 12.9. The number of rotatable bonds is 4. The molecule has 3 aromatic heterocycles. The summed E-state index contributed by atoms with van der Waals surface area (Å²) in [6.07, 6.45) is 0. The van der Waals surface area contributed by atoms with E-state index in [-0.39, 0.29) is 12.2 Å². The Hall–Kier alpha value is -2.96. The van der Waals surface area contributed by atoms with E-state index in [0.717, 1.165) is 17.0 Å². The van der Waals surface area contributed by atoms with Crippen LogP contribution in [0.4, 0.5) is 10.7 Å². The van der Waals surface area contributed by atoms with Gasteiger partial charge in [0.05, 0.1) is 17.9 Å². The van der Waals surface area contributed by atoms with E-state index in [1.807, 2.05) is 25.1 Å². The molecule has 0 aliphatic heterocycles. The molecule has 0 saturated carbocycles. The number of hydrogen-bond acceptors (Lipinski definition) is 8. The minimum atomic E-state index is -0.516. The van der Waals surface area contributed by atoms with Crippen molar-refractivity contribution in [2.75, 3.05) is 17.7 Å². The number of nitrogens with one attached hydrogen (secondary N) is 1. The number of thiophene rings is 2. The number of nitriles is 1. The summed E-state index contributed by atoms with van der Waals surface area (Å²) in [7, 11) is 0. The number of nitrogens with zero attached hydrogens (tertiary/aromatic N) is 2. The molecule has 0 radical (unpaired) electrons. The van der Waals surface area contributed by atoms with E-state index in [1.54, 1.807) is 13.8 Å². The molecule has 0 saturated heterocycles. The van der Waals surface area contributed by atoms with Crippen LogP contribution in [0.3, 0.4) is 0 Å². The molecule has 0 unspecified atom stereocenters. The fraction of sp³-hybridized carbons (Fsp3) is 0.222. The van der Waals surface area contributed by atoms with Crippen molar-refractivity contribution in [2.24, 2.45) is 0 Å². The highest BCUT2D eigenvalue weighted by Gasteiger charge is 2.24. The smallest absolute Gasteiger partial charge is 0.348 e. The van der Waals surface area contributed by atoms with Gasteiger partial charge in [0.15, 0.2) is 0 Å². The molecule has 3 aromatic rings. The van der Waals surface area contributed by atoms with Gasteiger partial charge in [0.2, 0.25) is 0 Å². The fourth-order valence-corrected chi connectivity index (χ4v) is 4.63. The van der Waals surface area contributed by atoms with Crippen LogP contribution in [0.5, 0.6) is 0 Å². The van der Waals surface area contributed by atoms with Gasteiger partial charge >= 0.3 is 5.97 Å². The van der Waals surface area contributed by atoms with Crippen LogP contribution >= 0.6 is 22.7 Å². The predicted molar refractivity (Wildman–Crippen MR) is 106 cm³/mol. The van der Waals surface area contributed by atoms with Crippen LogP contribution in [-0.2, 0) is 4.74 Å². The molecule has 1 amide bonds.